The summed E-state index contributed by atoms with van der Waals surface area (Å²) in [6.45, 7) is 0. The van der Waals surface area contributed by atoms with E-state index in [1.54, 1.807) is 24.3 Å². The summed E-state index contributed by atoms with van der Waals surface area (Å²) in [5.41, 5.74) is 0.407. The zero-order chi connectivity index (χ0) is 16.4. The van der Waals surface area contributed by atoms with Crippen molar-refractivity contribution in [2.45, 2.75) is 6.42 Å². The van der Waals surface area contributed by atoms with Crippen LogP contribution < -0.4 is 10.7 Å². The minimum atomic E-state index is -0.610. The Morgan fingerprint density at radius 3 is 2.61 bits per heavy atom. The second-order valence-electron chi connectivity index (χ2n) is 4.94. The molecule has 5 nitrogen and oxygen atoms in total. The van der Waals surface area contributed by atoms with Crippen LogP contribution in [0.1, 0.15) is 6.42 Å². The summed E-state index contributed by atoms with van der Waals surface area (Å²) in [7, 11) is 1.22. The van der Waals surface area contributed by atoms with Gasteiger partial charge in [0.15, 0.2) is 5.43 Å². The van der Waals surface area contributed by atoms with Crippen molar-refractivity contribution in [1.82, 2.24) is 0 Å². The standard InChI is InChI=1S/C17H13NO4S/c1-22-16(20)9-15(19)18-10-6-7-14-12(8-10)17(21)11-4-2-3-5-13(11)23-14/h2-8H,9H2,1H3,(H,18,19). The average molecular weight is 327 g/mol. The minimum absolute atomic E-state index is 0.0709. The summed E-state index contributed by atoms with van der Waals surface area (Å²) < 4.78 is 6.22. The van der Waals surface area contributed by atoms with Gasteiger partial charge in [-0.15, -0.1) is 11.3 Å². The number of carbonyl (C=O) groups excluding carboxylic acids is 2. The molecule has 0 atom stereocenters. The first-order chi connectivity index (χ1) is 11.1. The molecule has 0 saturated heterocycles. The summed E-state index contributed by atoms with van der Waals surface area (Å²) in [6, 6.07) is 12.6. The molecule has 116 valence electrons. The predicted molar refractivity (Wildman–Crippen MR) is 90.9 cm³/mol. The number of amides is 1. The van der Waals surface area contributed by atoms with Gasteiger partial charge in [0.1, 0.15) is 6.42 Å². The maximum Gasteiger partial charge on any atom is 0.315 e. The van der Waals surface area contributed by atoms with Crippen LogP contribution in [0.2, 0.25) is 0 Å². The number of hydrogen-bond acceptors (Lipinski definition) is 5. The van der Waals surface area contributed by atoms with E-state index in [1.807, 2.05) is 18.2 Å². The van der Waals surface area contributed by atoms with E-state index in [9.17, 15) is 14.4 Å². The lowest BCUT2D eigenvalue weighted by Crippen LogP contribution is -2.17. The summed E-state index contributed by atoms with van der Waals surface area (Å²) >= 11 is 1.52. The minimum Gasteiger partial charge on any atom is -0.469 e. The van der Waals surface area contributed by atoms with Crippen LogP contribution >= 0.6 is 11.3 Å². The zero-order valence-corrected chi connectivity index (χ0v) is 13.1. The second kappa shape index (κ2) is 6.18. The van der Waals surface area contributed by atoms with Gasteiger partial charge in [0, 0.05) is 25.9 Å². The maximum atomic E-state index is 12.6. The van der Waals surface area contributed by atoms with Crippen LogP contribution in [-0.4, -0.2) is 19.0 Å². The Morgan fingerprint density at radius 1 is 1.09 bits per heavy atom. The quantitative estimate of drug-likeness (QED) is 0.456. The largest absolute Gasteiger partial charge is 0.469 e. The Kier molecular flexibility index (Phi) is 4.08. The topological polar surface area (TPSA) is 72.5 Å². The van der Waals surface area contributed by atoms with Gasteiger partial charge in [-0.05, 0) is 30.3 Å². The van der Waals surface area contributed by atoms with E-state index >= 15 is 0 Å². The van der Waals surface area contributed by atoms with E-state index in [1.165, 1.54) is 18.4 Å². The third-order valence-electron chi connectivity index (χ3n) is 3.39. The van der Waals surface area contributed by atoms with Gasteiger partial charge in [0.2, 0.25) is 5.91 Å². The van der Waals surface area contributed by atoms with Gasteiger partial charge in [0.25, 0.3) is 0 Å². The number of fused-ring (bicyclic) bond motifs is 2. The molecule has 0 spiro atoms. The number of hydrogen-bond donors (Lipinski definition) is 1. The average Bonchev–Trinajstić information content (AvgIpc) is 2.55. The van der Waals surface area contributed by atoms with Crippen molar-refractivity contribution in [3.8, 4) is 0 Å². The monoisotopic (exact) mass is 327 g/mol. The molecule has 0 aliphatic carbocycles. The summed E-state index contributed by atoms with van der Waals surface area (Å²) in [5.74, 6) is -1.09. The summed E-state index contributed by atoms with van der Waals surface area (Å²) in [6.07, 6.45) is -0.362. The number of ether oxygens (including phenoxy) is 1. The summed E-state index contributed by atoms with van der Waals surface area (Å²) in [5, 5.41) is 3.80. The van der Waals surface area contributed by atoms with E-state index in [-0.39, 0.29) is 11.8 Å². The molecule has 1 aromatic heterocycles. The van der Waals surface area contributed by atoms with Gasteiger partial charge in [-0.1, -0.05) is 12.1 Å². The molecule has 0 bridgehead atoms. The Hall–Kier alpha value is -2.73. The second-order valence-corrected chi connectivity index (χ2v) is 6.02. The molecule has 3 aromatic rings. The van der Waals surface area contributed by atoms with Crippen molar-refractivity contribution in [2.75, 3.05) is 12.4 Å². The molecule has 0 aliphatic rings. The molecule has 3 rings (SSSR count). The van der Waals surface area contributed by atoms with Gasteiger partial charge in [-0.2, -0.15) is 0 Å². The van der Waals surface area contributed by atoms with Gasteiger partial charge >= 0.3 is 5.97 Å². The lowest BCUT2D eigenvalue weighted by Gasteiger charge is -2.06. The van der Waals surface area contributed by atoms with E-state index in [0.29, 0.717) is 16.5 Å². The molecular formula is C17H13NO4S. The third-order valence-corrected chi connectivity index (χ3v) is 4.54. The van der Waals surface area contributed by atoms with E-state index in [4.69, 9.17) is 0 Å². The molecule has 0 unspecified atom stereocenters. The Bertz CT molecular complexity index is 977. The van der Waals surface area contributed by atoms with E-state index in [2.05, 4.69) is 10.1 Å². The lowest BCUT2D eigenvalue weighted by atomic mass is 10.1. The number of rotatable bonds is 3. The third kappa shape index (κ3) is 3.07. The van der Waals surface area contributed by atoms with E-state index in [0.717, 1.165) is 9.40 Å². The predicted octanol–water partition coefficient (Wildman–Crippen LogP) is 2.92. The first-order valence-electron chi connectivity index (χ1n) is 6.91. The maximum absolute atomic E-state index is 12.6. The molecule has 0 radical (unpaired) electrons. The number of nitrogens with one attached hydrogen (secondary N) is 1. The van der Waals surface area contributed by atoms with Gasteiger partial charge in [-0.3, -0.25) is 14.4 Å². The SMILES string of the molecule is COC(=O)CC(=O)Nc1ccc2sc3ccccc3c(=O)c2c1. The van der Waals surface area contributed by atoms with Crippen LogP contribution in [0.15, 0.2) is 47.3 Å². The van der Waals surface area contributed by atoms with Crippen LogP contribution in [0.5, 0.6) is 0 Å². The molecule has 23 heavy (non-hydrogen) atoms. The van der Waals surface area contributed by atoms with Crippen molar-refractivity contribution < 1.29 is 14.3 Å². The number of methoxy groups -OCH3 is 1. The van der Waals surface area contributed by atoms with Crippen LogP contribution in [0.3, 0.4) is 0 Å². The Morgan fingerprint density at radius 2 is 1.83 bits per heavy atom. The molecule has 6 heteroatoms. The number of esters is 1. The van der Waals surface area contributed by atoms with Crippen LogP contribution in [-0.2, 0) is 14.3 Å². The van der Waals surface area contributed by atoms with Crippen molar-refractivity contribution in [3.63, 3.8) is 0 Å². The van der Waals surface area contributed by atoms with Crippen LogP contribution in [0.4, 0.5) is 5.69 Å². The molecule has 0 aliphatic heterocycles. The highest BCUT2D eigenvalue weighted by molar-refractivity contribution is 7.24. The Balaban J connectivity index is 2.00. The smallest absolute Gasteiger partial charge is 0.315 e. The van der Waals surface area contributed by atoms with Crippen LogP contribution in [0.25, 0.3) is 20.2 Å². The molecule has 1 amide bonds. The van der Waals surface area contributed by atoms with Gasteiger partial charge < -0.3 is 10.1 Å². The first kappa shape index (κ1) is 15.2. The van der Waals surface area contributed by atoms with Gasteiger partial charge in [-0.25, -0.2) is 0 Å². The molecule has 1 N–H and O–H groups in total. The van der Waals surface area contributed by atoms with Crippen molar-refractivity contribution >= 4 is 49.1 Å². The van der Waals surface area contributed by atoms with Crippen molar-refractivity contribution in [1.29, 1.82) is 0 Å². The highest BCUT2D eigenvalue weighted by Crippen LogP contribution is 2.26. The molecule has 0 fully saturated rings. The van der Waals surface area contributed by atoms with Crippen molar-refractivity contribution in [3.05, 3.63) is 52.7 Å². The zero-order valence-electron chi connectivity index (χ0n) is 12.3. The van der Waals surface area contributed by atoms with E-state index < -0.39 is 11.9 Å². The fourth-order valence-electron chi connectivity index (χ4n) is 2.29. The van der Waals surface area contributed by atoms with Crippen molar-refractivity contribution in [2.24, 2.45) is 0 Å². The molecule has 1 heterocycles. The van der Waals surface area contributed by atoms with Crippen LogP contribution in [0, 0.1) is 0 Å². The number of anilines is 1. The fraction of sp³-hybridized carbons (Fsp3) is 0.118. The number of carbonyl (C=O) groups is 2. The highest BCUT2D eigenvalue weighted by atomic mass is 32.1. The first-order valence-corrected chi connectivity index (χ1v) is 7.72. The van der Waals surface area contributed by atoms with Gasteiger partial charge in [0.05, 0.1) is 7.11 Å². The molecular weight excluding hydrogens is 314 g/mol. The fourth-order valence-corrected chi connectivity index (χ4v) is 3.34. The highest BCUT2D eigenvalue weighted by Gasteiger charge is 2.11. The molecule has 2 aromatic carbocycles. The number of benzene rings is 2. The lowest BCUT2D eigenvalue weighted by molar-refractivity contribution is -0.142. The molecule has 0 saturated carbocycles. The summed E-state index contributed by atoms with van der Waals surface area (Å²) in [4.78, 5) is 35.4. The Labute approximate surface area is 135 Å². The normalized spacial score (nSPS) is 10.7.